The first-order valence-corrected chi connectivity index (χ1v) is 7.82. The fraction of sp³-hybridized carbons (Fsp3) is 0.353. The molecule has 0 fully saturated rings. The molecule has 0 unspecified atom stereocenters. The van der Waals surface area contributed by atoms with E-state index in [-0.39, 0.29) is 0 Å². The first-order chi connectivity index (χ1) is 11.2. The molecule has 3 aromatic rings. The van der Waals surface area contributed by atoms with E-state index in [1.807, 2.05) is 12.1 Å². The van der Waals surface area contributed by atoms with E-state index in [0.717, 1.165) is 36.8 Å². The zero-order valence-electron chi connectivity index (χ0n) is 13.7. The van der Waals surface area contributed by atoms with Gasteiger partial charge >= 0.3 is 0 Å². The summed E-state index contributed by atoms with van der Waals surface area (Å²) < 4.78 is 7.02. The van der Waals surface area contributed by atoms with Crippen molar-refractivity contribution in [1.82, 2.24) is 19.6 Å². The molecule has 0 aliphatic rings. The largest absolute Gasteiger partial charge is 0.497 e. The van der Waals surface area contributed by atoms with Gasteiger partial charge in [-0.05, 0) is 31.0 Å². The Hall–Kier alpha value is -2.63. The smallest absolute Gasteiger partial charge is 0.254 e. The molecule has 0 atom stereocenters. The fourth-order valence-electron chi connectivity index (χ4n) is 2.56. The van der Waals surface area contributed by atoms with Crippen molar-refractivity contribution in [2.24, 2.45) is 0 Å². The van der Waals surface area contributed by atoms with Gasteiger partial charge in [0.2, 0.25) is 0 Å². The van der Waals surface area contributed by atoms with Gasteiger partial charge in [-0.15, -0.1) is 0 Å². The van der Waals surface area contributed by atoms with Gasteiger partial charge in [0.15, 0.2) is 0 Å². The lowest BCUT2D eigenvalue weighted by molar-refractivity contribution is 0.414. The van der Waals surface area contributed by atoms with Gasteiger partial charge < -0.3 is 9.64 Å². The third-order valence-electron chi connectivity index (χ3n) is 3.89. The van der Waals surface area contributed by atoms with Crippen LogP contribution in [0.2, 0.25) is 0 Å². The molecule has 23 heavy (non-hydrogen) atoms. The van der Waals surface area contributed by atoms with Crippen molar-refractivity contribution in [1.29, 1.82) is 0 Å². The standard InChI is InChI=1S/C17H21N5O/c1-4-14-10-16(22-17(20-14)18-12-19-22)21(5-2)11-13-6-8-15(23-3)9-7-13/h6-10,12H,4-5,11H2,1-3H3. The van der Waals surface area contributed by atoms with Gasteiger partial charge in [0, 0.05) is 24.8 Å². The maximum Gasteiger partial charge on any atom is 0.254 e. The second kappa shape index (κ2) is 6.64. The molecule has 120 valence electrons. The Bertz CT molecular complexity index is 781. The third kappa shape index (κ3) is 3.11. The Labute approximate surface area is 135 Å². The van der Waals surface area contributed by atoms with E-state index in [2.05, 4.69) is 52.0 Å². The zero-order valence-corrected chi connectivity index (χ0v) is 13.7. The van der Waals surface area contributed by atoms with Gasteiger partial charge in [0.1, 0.15) is 17.9 Å². The quantitative estimate of drug-likeness (QED) is 0.700. The van der Waals surface area contributed by atoms with Crippen molar-refractivity contribution in [3.63, 3.8) is 0 Å². The first kappa shape index (κ1) is 15.3. The van der Waals surface area contributed by atoms with E-state index in [0.29, 0.717) is 5.78 Å². The Morgan fingerprint density at radius 2 is 1.96 bits per heavy atom. The number of methoxy groups -OCH3 is 1. The number of nitrogens with zero attached hydrogens (tertiary/aromatic N) is 5. The lowest BCUT2D eigenvalue weighted by Gasteiger charge is -2.24. The highest BCUT2D eigenvalue weighted by atomic mass is 16.5. The molecule has 1 aromatic carbocycles. The van der Waals surface area contributed by atoms with Gasteiger partial charge in [-0.1, -0.05) is 19.1 Å². The number of aryl methyl sites for hydroxylation is 1. The normalized spacial score (nSPS) is 10.9. The van der Waals surface area contributed by atoms with Crippen LogP contribution in [-0.2, 0) is 13.0 Å². The molecule has 0 N–H and O–H groups in total. The predicted octanol–water partition coefficient (Wildman–Crippen LogP) is 2.72. The van der Waals surface area contributed by atoms with Crippen molar-refractivity contribution in [3.8, 4) is 5.75 Å². The Balaban J connectivity index is 1.94. The molecule has 3 rings (SSSR count). The van der Waals surface area contributed by atoms with E-state index in [1.54, 1.807) is 18.0 Å². The highest BCUT2D eigenvalue weighted by molar-refractivity contribution is 5.48. The molecule has 0 bridgehead atoms. The Kier molecular flexibility index (Phi) is 4.41. The van der Waals surface area contributed by atoms with E-state index < -0.39 is 0 Å². The number of anilines is 1. The zero-order chi connectivity index (χ0) is 16.2. The maximum atomic E-state index is 5.22. The summed E-state index contributed by atoms with van der Waals surface area (Å²) in [7, 11) is 1.68. The summed E-state index contributed by atoms with van der Waals surface area (Å²) in [6.07, 6.45) is 2.42. The molecule has 0 saturated heterocycles. The lowest BCUT2D eigenvalue weighted by atomic mass is 10.2. The van der Waals surface area contributed by atoms with Crippen LogP contribution in [0.4, 0.5) is 5.82 Å². The number of aromatic nitrogens is 4. The topological polar surface area (TPSA) is 55.6 Å². The van der Waals surface area contributed by atoms with Crippen LogP contribution in [0.25, 0.3) is 5.78 Å². The molecule has 0 spiro atoms. The van der Waals surface area contributed by atoms with Crippen LogP contribution in [0.3, 0.4) is 0 Å². The predicted molar refractivity (Wildman–Crippen MR) is 89.9 cm³/mol. The minimum atomic E-state index is 0.646. The first-order valence-electron chi connectivity index (χ1n) is 7.82. The van der Waals surface area contributed by atoms with Crippen LogP contribution >= 0.6 is 0 Å². The molecule has 0 radical (unpaired) electrons. The van der Waals surface area contributed by atoms with Crippen molar-refractivity contribution in [2.45, 2.75) is 26.8 Å². The minimum absolute atomic E-state index is 0.646. The number of rotatable bonds is 6. The lowest BCUT2D eigenvalue weighted by Crippen LogP contribution is -2.25. The molecule has 0 saturated carbocycles. The highest BCUT2D eigenvalue weighted by Gasteiger charge is 2.13. The van der Waals surface area contributed by atoms with Gasteiger partial charge in [0.25, 0.3) is 5.78 Å². The van der Waals surface area contributed by atoms with E-state index >= 15 is 0 Å². The van der Waals surface area contributed by atoms with Gasteiger partial charge in [-0.25, -0.2) is 4.98 Å². The summed E-state index contributed by atoms with van der Waals surface area (Å²) in [6, 6.07) is 10.2. The average Bonchev–Trinajstić information content (AvgIpc) is 3.08. The Morgan fingerprint density at radius 3 is 2.61 bits per heavy atom. The monoisotopic (exact) mass is 311 g/mol. The van der Waals surface area contributed by atoms with Crippen molar-refractivity contribution in [2.75, 3.05) is 18.6 Å². The molecule has 6 nitrogen and oxygen atoms in total. The minimum Gasteiger partial charge on any atom is -0.497 e. The maximum absolute atomic E-state index is 5.22. The molecule has 2 aromatic heterocycles. The summed E-state index contributed by atoms with van der Waals surface area (Å²) in [5.41, 5.74) is 2.24. The summed E-state index contributed by atoms with van der Waals surface area (Å²) in [5, 5.41) is 4.31. The van der Waals surface area contributed by atoms with E-state index in [4.69, 9.17) is 4.74 Å². The summed E-state index contributed by atoms with van der Waals surface area (Å²) in [5.74, 6) is 2.53. The molecule has 2 heterocycles. The van der Waals surface area contributed by atoms with Gasteiger partial charge in [-0.2, -0.15) is 14.6 Å². The SMILES string of the molecule is CCc1cc(N(CC)Cc2ccc(OC)cc2)n2ncnc2n1. The van der Waals surface area contributed by atoms with Crippen molar-refractivity contribution in [3.05, 3.63) is 47.9 Å². The van der Waals surface area contributed by atoms with Gasteiger partial charge in [0.05, 0.1) is 7.11 Å². The average molecular weight is 311 g/mol. The molecular weight excluding hydrogens is 290 g/mol. The number of hydrogen-bond acceptors (Lipinski definition) is 5. The highest BCUT2D eigenvalue weighted by Crippen LogP contribution is 2.20. The van der Waals surface area contributed by atoms with Crippen molar-refractivity contribution >= 4 is 11.6 Å². The number of hydrogen-bond donors (Lipinski definition) is 0. The van der Waals surface area contributed by atoms with Crippen LogP contribution in [0.15, 0.2) is 36.7 Å². The van der Waals surface area contributed by atoms with Crippen LogP contribution in [0.1, 0.15) is 25.1 Å². The van der Waals surface area contributed by atoms with Crippen LogP contribution < -0.4 is 9.64 Å². The summed E-state index contributed by atoms with van der Waals surface area (Å²) >= 11 is 0. The van der Waals surface area contributed by atoms with Crippen LogP contribution in [0, 0.1) is 0 Å². The van der Waals surface area contributed by atoms with Crippen molar-refractivity contribution < 1.29 is 4.74 Å². The second-order valence-electron chi connectivity index (χ2n) is 5.29. The number of ether oxygens (including phenoxy) is 1. The molecular formula is C17H21N5O. The van der Waals surface area contributed by atoms with Crippen LogP contribution in [-0.4, -0.2) is 33.2 Å². The second-order valence-corrected chi connectivity index (χ2v) is 5.29. The molecule has 6 heteroatoms. The van der Waals surface area contributed by atoms with E-state index in [9.17, 15) is 0 Å². The third-order valence-corrected chi connectivity index (χ3v) is 3.89. The molecule has 0 aliphatic heterocycles. The molecule has 0 aliphatic carbocycles. The Morgan fingerprint density at radius 1 is 1.17 bits per heavy atom. The summed E-state index contributed by atoms with van der Waals surface area (Å²) in [6.45, 7) is 5.90. The van der Waals surface area contributed by atoms with Crippen LogP contribution in [0.5, 0.6) is 5.75 Å². The summed E-state index contributed by atoms with van der Waals surface area (Å²) in [4.78, 5) is 11.0. The number of fused-ring (bicyclic) bond motifs is 1. The number of benzene rings is 1. The fourth-order valence-corrected chi connectivity index (χ4v) is 2.56. The van der Waals surface area contributed by atoms with E-state index in [1.165, 1.54) is 5.56 Å². The van der Waals surface area contributed by atoms with Gasteiger partial charge in [-0.3, -0.25) is 0 Å². The molecule has 0 amide bonds.